The Balaban J connectivity index is 2.75. The van der Waals surface area contributed by atoms with E-state index in [4.69, 9.17) is 5.26 Å². The third-order valence-electron chi connectivity index (χ3n) is 2.62. The molecular weight excluding hydrogens is 200 g/mol. The van der Waals surface area contributed by atoms with Gasteiger partial charge in [0.2, 0.25) is 0 Å². The molecular formula is C13H18N2O. The van der Waals surface area contributed by atoms with Gasteiger partial charge in [0, 0.05) is 18.8 Å². The number of rotatable bonds is 5. The molecule has 0 spiro atoms. The van der Waals surface area contributed by atoms with Crippen LogP contribution in [0, 0.1) is 11.3 Å². The van der Waals surface area contributed by atoms with Gasteiger partial charge in [0.15, 0.2) is 0 Å². The summed E-state index contributed by atoms with van der Waals surface area (Å²) >= 11 is 0. The molecule has 3 nitrogen and oxygen atoms in total. The fraction of sp³-hybridized carbons (Fsp3) is 0.462. The van der Waals surface area contributed by atoms with Gasteiger partial charge in [0.25, 0.3) is 0 Å². The van der Waals surface area contributed by atoms with Crippen molar-refractivity contribution in [3.8, 4) is 6.07 Å². The van der Waals surface area contributed by atoms with Crippen LogP contribution in [0.5, 0.6) is 0 Å². The number of anilines is 1. The van der Waals surface area contributed by atoms with E-state index in [2.05, 4.69) is 17.9 Å². The molecule has 0 saturated heterocycles. The predicted molar refractivity (Wildman–Crippen MR) is 65.2 cm³/mol. The maximum atomic E-state index is 9.40. The monoisotopic (exact) mass is 218 g/mol. The zero-order valence-corrected chi connectivity index (χ0v) is 9.85. The van der Waals surface area contributed by atoms with Crippen LogP contribution < -0.4 is 4.90 Å². The summed E-state index contributed by atoms with van der Waals surface area (Å²) in [6.07, 6.45) is 0.106. The zero-order chi connectivity index (χ0) is 12.0. The summed E-state index contributed by atoms with van der Waals surface area (Å²) in [6, 6.07) is 9.98. The molecule has 0 bridgehead atoms. The summed E-state index contributed by atoms with van der Waals surface area (Å²) in [5.41, 5.74) is 2.02. The van der Waals surface area contributed by atoms with Crippen molar-refractivity contribution in [1.29, 1.82) is 5.26 Å². The zero-order valence-electron chi connectivity index (χ0n) is 9.85. The molecule has 0 saturated carbocycles. The first kappa shape index (κ1) is 12.5. The molecule has 3 heteroatoms. The number of hydrogen-bond acceptors (Lipinski definition) is 3. The quantitative estimate of drug-likeness (QED) is 0.826. The first-order valence-corrected chi connectivity index (χ1v) is 5.59. The van der Waals surface area contributed by atoms with Crippen molar-refractivity contribution in [2.75, 3.05) is 18.0 Å². The molecule has 0 aromatic heterocycles. The van der Waals surface area contributed by atoms with Crippen molar-refractivity contribution in [2.24, 2.45) is 0 Å². The van der Waals surface area contributed by atoms with Gasteiger partial charge in [0.1, 0.15) is 0 Å². The van der Waals surface area contributed by atoms with Gasteiger partial charge in [-0.1, -0.05) is 12.1 Å². The Bertz CT molecular complexity index is 351. The molecule has 1 aromatic rings. The van der Waals surface area contributed by atoms with E-state index in [-0.39, 0.29) is 0 Å². The Morgan fingerprint density at radius 2 is 2.00 bits per heavy atom. The summed E-state index contributed by atoms with van der Waals surface area (Å²) in [5.74, 6) is 0. The van der Waals surface area contributed by atoms with Gasteiger partial charge >= 0.3 is 0 Å². The second-order valence-corrected chi connectivity index (χ2v) is 3.76. The molecule has 0 heterocycles. The van der Waals surface area contributed by atoms with Crippen molar-refractivity contribution in [2.45, 2.75) is 26.4 Å². The summed E-state index contributed by atoms with van der Waals surface area (Å²) in [7, 11) is 0. The lowest BCUT2D eigenvalue weighted by atomic mass is 10.1. The molecule has 0 aliphatic carbocycles. The standard InChI is InChI=1S/C13H18N2O/c1-3-15(10-4-9-14)13-7-5-12(6-8-13)11(2)16/h5-8,11,16H,3-4,10H2,1-2H3/t11-/m1/s1. The molecule has 0 aliphatic heterocycles. The summed E-state index contributed by atoms with van der Waals surface area (Å²) in [4.78, 5) is 2.15. The molecule has 0 aliphatic rings. The fourth-order valence-corrected chi connectivity index (χ4v) is 1.62. The smallest absolute Gasteiger partial charge is 0.0761 e. The average molecular weight is 218 g/mol. The van der Waals surface area contributed by atoms with E-state index in [9.17, 15) is 5.11 Å². The molecule has 1 atom stereocenters. The summed E-state index contributed by atoms with van der Waals surface area (Å²) < 4.78 is 0. The maximum Gasteiger partial charge on any atom is 0.0761 e. The van der Waals surface area contributed by atoms with Crippen LogP contribution >= 0.6 is 0 Å². The summed E-state index contributed by atoms with van der Waals surface area (Å²) in [6.45, 7) is 5.46. The van der Waals surface area contributed by atoms with Crippen molar-refractivity contribution in [3.63, 3.8) is 0 Å². The number of aliphatic hydroxyl groups excluding tert-OH is 1. The van der Waals surface area contributed by atoms with Gasteiger partial charge in [-0.2, -0.15) is 5.26 Å². The van der Waals surface area contributed by atoms with Gasteiger partial charge < -0.3 is 10.0 Å². The van der Waals surface area contributed by atoms with Crippen LogP contribution in [0.3, 0.4) is 0 Å². The van der Waals surface area contributed by atoms with Crippen LogP contribution in [-0.4, -0.2) is 18.2 Å². The Labute approximate surface area is 96.9 Å². The Kier molecular flexibility index (Phi) is 4.81. The molecule has 1 N–H and O–H groups in total. The van der Waals surface area contributed by atoms with E-state index >= 15 is 0 Å². The molecule has 16 heavy (non-hydrogen) atoms. The molecule has 0 unspecified atom stereocenters. The molecule has 0 amide bonds. The lowest BCUT2D eigenvalue weighted by Crippen LogP contribution is -2.23. The minimum absolute atomic E-state index is 0.428. The predicted octanol–water partition coefficient (Wildman–Crippen LogP) is 2.48. The van der Waals surface area contributed by atoms with Gasteiger partial charge in [-0.15, -0.1) is 0 Å². The number of aliphatic hydroxyl groups is 1. The van der Waals surface area contributed by atoms with Crippen molar-refractivity contribution in [3.05, 3.63) is 29.8 Å². The molecule has 86 valence electrons. The van der Waals surface area contributed by atoms with E-state index in [0.29, 0.717) is 6.42 Å². The van der Waals surface area contributed by atoms with E-state index in [1.807, 2.05) is 24.3 Å². The van der Waals surface area contributed by atoms with Crippen LogP contribution in [-0.2, 0) is 0 Å². The average Bonchev–Trinajstić information content (AvgIpc) is 2.30. The first-order valence-electron chi connectivity index (χ1n) is 5.59. The number of nitrogens with zero attached hydrogens (tertiary/aromatic N) is 2. The minimum Gasteiger partial charge on any atom is -0.389 e. The largest absolute Gasteiger partial charge is 0.389 e. The Morgan fingerprint density at radius 1 is 1.38 bits per heavy atom. The van der Waals surface area contributed by atoms with Crippen LogP contribution in [0.25, 0.3) is 0 Å². The van der Waals surface area contributed by atoms with Gasteiger partial charge in [-0.25, -0.2) is 0 Å². The lowest BCUT2D eigenvalue weighted by molar-refractivity contribution is 0.199. The SMILES string of the molecule is CCN(CCC#N)c1ccc([C@@H](C)O)cc1. The van der Waals surface area contributed by atoms with Gasteiger partial charge in [-0.3, -0.25) is 0 Å². The van der Waals surface area contributed by atoms with Gasteiger partial charge in [0.05, 0.1) is 18.6 Å². The molecule has 0 fully saturated rings. The lowest BCUT2D eigenvalue weighted by Gasteiger charge is -2.22. The fourth-order valence-electron chi connectivity index (χ4n) is 1.62. The third kappa shape index (κ3) is 3.25. The second kappa shape index (κ2) is 6.14. The van der Waals surface area contributed by atoms with Crippen molar-refractivity contribution in [1.82, 2.24) is 0 Å². The highest BCUT2D eigenvalue weighted by molar-refractivity contribution is 5.47. The second-order valence-electron chi connectivity index (χ2n) is 3.76. The van der Waals surface area contributed by atoms with Crippen LogP contribution in [0.1, 0.15) is 31.9 Å². The highest BCUT2D eigenvalue weighted by Crippen LogP contribution is 2.19. The highest BCUT2D eigenvalue weighted by atomic mass is 16.3. The minimum atomic E-state index is -0.428. The van der Waals surface area contributed by atoms with Crippen molar-refractivity contribution >= 4 is 5.69 Å². The third-order valence-corrected chi connectivity index (χ3v) is 2.62. The Hall–Kier alpha value is -1.53. The topological polar surface area (TPSA) is 47.3 Å². The normalized spacial score (nSPS) is 11.9. The first-order chi connectivity index (χ1) is 7.69. The van der Waals surface area contributed by atoms with E-state index < -0.39 is 6.10 Å². The highest BCUT2D eigenvalue weighted by Gasteiger charge is 2.05. The Morgan fingerprint density at radius 3 is 2.44 bits per heavy atom. The number of hydrogen-bond donors (Lipinski definition) is 1. The van der Waals surface area contributed by atoms with E-state index in [1.54, 1.807) is 6.92 Å². The molecule has 1 rings (SSSR count). The number of nitriles is 1. The van der Waals surface area contributed by atoms with Crippen molar-refractivity contribution < 1.29 is 5.11 Å². The van der Waals surface area contributed by atoms with Crippen LogP contribution in [0.4, 0.5) is 5.69 Å². The molecule has 1 aromatic carbocycles. The van der Waals surface area contributed by atoms with Gasteiger partial charge in [-0.05, 0) is 31.5 Å². The van der Waals surface area contributed by atoms with Crippen LogP contribution in [0.15, 0.2) is 24.3 Å². The van der Waals surface area contributed by atoms with E-state index in [1.165, 1.54) is 0 Å². The van der Waals surface area contributed by atoms with E-state index in [0.717, 1.165) is 24.3 Å². The number of benzene rings is 1. The molecule has 0 radical (unpaired) electrons. The maximum absolute atomic E-state index is 9.40. The van der Waals surface area contributed by atoms with Crippen LogP contribution in [0.2, 0.25) is 0 Å². The summed E-state index contributed by atoms with van der Waals surface area (Å²) in [5, 5.41) is 18.0.